The third-order valence-corrected chi connectivity index (χ3v) is 3.95. The van der Waals surface area contributed by atoms with Crippen molar-refractivity contribution < 1.29 is 0 Å². The molecule has 0 spiro atoms. The lowest BCUT2D eigenvalue weighted by molar-refractivity contribution is 0.306. The van der Waals surface area contributed by atoms with E-state index in [1.54, 1.807) is 0 Å². The normalized spacial score (nSPS) is 17.4. The van der Waals surface area contributed by atoms with Crippen molar-refractivity contribution in [2.45, 2.75) is 25.3 Å². The molecule has 0 amide bonds. The zero-order valence-electron chi connectivity index (χ0n) is 11.7. The summed E-state index contributed by atoms with van der Waals surface area (Å²) in [5.41, 5.74) is 6.97. The molecule has 0 saturated carbocycles. The van der Waals surface area contributed by atoms with E-state index < -0.39 is 0 Å². The van der Waals surface area contributed by atoms with E-state index in [0.29, 0.717) is 5.82 Å². The minimum atomic E-state index is 0.210. The number of nitrogens with two attached hydrogens (primary N) is 1. The van der Waals surface area contributed by atoms with Crippen molar-refractivity contribution in [2.75, 3.05) is 25.4 Å². The molecule has 2 aromatic rings. The summed E-state index contributed by atoms with van der Waals surface area (Å²) in [6, 6.07) is 10.7. The summed E-state index contributed by atoms with van der Waals surface area (Å²) in [5.74, 6) is 0.479. The number of aromatic nitrogens is 3. The number of hydrogen-bond donors (Lipinski definition) is 1. The molecule has 1 aromatic carbocycles. The summed E-state index contributed by atoms with van der Waals surface area (Å²) in [7, 11) is 0. The maximum absolute atomic E-state index is 5.71. The molecule has 2 heterocycles. The van der Waals surface area contributed by atoms with E-state index in [1.165, 1.54) is 31.5 Å². The van der Waals surface area contributed by atoms with E-state index >= 15 is 0 Å². The molecule has 2 N–H and O–H groups in total. The third-order valence-electron chi connectivity index (χ3n) is 3.95. The van der Waals surface area contributed by atoms with Gasteiger partial charge in [0.2, 0.25) is 0 Å². The molecular weight excluding hydrogens is 250 g/mol. The Labute approximate surface area is 119 Å². The molecule has 1 aliphatic rings. The van der Waals surface area contributed by atoms with Gasteiger partial charge in [0.1, 0.15) is 0 Å². The van der Waals surface area contributed by atoms with Crippen LogP contribution < -0.4 is 5.73 Å². The number of benzene rings is 1. The van der Waals surface area contributed by atoms with Gasteiger partial charge in [-0.2, -0.15) is 0 Å². The summed E-state index contributed by atoms with van der Waals surface area (Å²) in [6.45, 7) is 3.54. The Balaban J connectivity index is 1.76. The molecule has 20 heavy (non-hydrogen) atoms. The van der Waals surface area contributed by atoms with Gasteiger partial charge >= 0.3 is 0 Å². The molecule has 0 aliphatic carbocycles. The van der Waals surface area contributed by atoms with Gasteiger partial charge in [-0.05, 0) is 37.9 Å². The van der Waals surface area contributed by atoms with Crippen LogP contribution in [0.15, 0.2) is 36.5 Å². The van der Waals surface area contributed by atoms with Gasteiger partial charge in [0.15, 0.2) is 5.82 Å². The lowest BCUT2D eigenvalue weighted by Gasteiger charge is -2.21. The third kappa shape index (κ3) is 2.99. The van der Waals surface area contributed by atoms with Gasteiger partial charge in [0.05, 0.1) is 12.2 Å². The smallest absolute Gasteiger partial charge is 0.165 e. The average molecular weight is 271 g/mol. The van der Waals surface area contributed by atoms with E-state index in [0.717, 1.165) is 13.0 Å². The van der Waals surface area contributed by atoms with Gasteiger partial charge in [0, 0.05) is 6.54 Å². The molecule has 5 nitrogen and oxygen atoms in total. The molecule has 1 saturated heterocycles. The summed E-state index contributed by atoms with van der Waals surface area (Å²) in [6.07, 6.45) is 5.51. The second-order valence-electron chi connectivity index (χ2n) is 5.39. The van der Waals surface area contributed by atoms with Gasteiger partial charge in [-0.1, -0.05) is 35.5 Å². The topological polar surface area (TPSA) is 60.0 Å². The van der Waals surface area contributed by atoms with Crippen LogP contribution in [0.5, 0.6) is 0 Å². The number of nitrogen functional groups attached to an aromatic ring is 1. The van der Waals surface area contributed by atoms with Crippen LogP contribution in [0.25, 0.3) is 0 Å². The lowest BCUT2D eigenvalue weighted by Crippen LogP contribution is -2.24. The van der Waals surface area contributed by atoms with E-state index in [9.17, 15) is 0 Å². The predicted octanol–water partition coefficient (Wildman–Crippen LogP) is 1.94. The number of nitrogens with zero attached hydrogens (tertiary/aromatic N) is 4. The quantitative estimate of drug-likeness (QED) is 0.902. The molecule has 0 radical (unpaired) electrons. The number of anilines is 1. The highest BCUT2D eigenvalue weighted by Gasteiger charge is 2.18. The Morgan fingerprint density at radius 2 is 1.90 bits per heavy atom. The van der Waals surface area contributed by atoms with Crippen LogP contribution in [0.1, 0.15) is 30.9 Å². The Hall–Kier alpha value is -1.88. The predicted molar refractivity (Wildman–Crippen MR) is 79.3 cm³/mol. The van der Waals surface area contributed by atoms with E-state index in [-0.39, 0.29) is 6.04 Å². The van der Waals surface area contributed by atoms with Crippen molar-refractivity contribution in [1.82, 2.24) is 19.9 Å². The highest BCUT2D eigenvalue weighted by atomic mass is 15.4. The van der Waals surface area contributed by atoms with E-state index in [2.05, 4.69) is 39.5 Å². The molecule has 3 rings (SSSR count). The SMILES string of the molecule is Nc1cn(C(CCN2CCCC2)c2ccccc2)nn1. The number of rotatable bonds is 5. The van der Waals surface area contributed by atoms with Crippen molar-refractivity contribution >= 4 is 5.82 Å². The highest BCUT2D eigenvalue weighted by Crippen LogP contribution is 2.22. The average Bonchev–Trinajstić information content (AvgIpc) is 3.12. The summed E-state index contributed by atoms with van der Waals surface area (Å²) in [4.78, 5) is 2.52. The number of hydrogen-bond acceptors (Lipinski definition) is 4. The van der Waals surface area contributed by atoms with Gasteiger partial charge < -0.3 is 10.6 Å². The summed E-state index contributed by atoms with van der Waals surface area (Å²) >= 11 is 0. The Morgan fingerprint density at radius 1 is 1.15 bits per heavy atom. The molecule has 1 unspecified atom stereocenters. The summed E-state index contributed by atoms with van der Waals surface area (Å²) in [5, 5.41) is 8.08. The zero-order valence-corrected chi connectivity index (χ0v) is 11.7. The molecule has 5 heteroatoms. The van der Waals surface area contributed by atoms with Crippen molar-refractivity contribution in [3.63, 3.8) is 0 Å². The van der Waals surface area contributed by atoms with Crippen molar-refractivity contribution in [1.29, 1.82) is 0 Å². The lowest BCUT2D eigenvalue weighted by atomic mass is 10.0. The minimum absolute atomic E-state index is 0.210. The van der Waals surface area contributed by atoms with Crippen LogP contribution in [0, 0.1) is 0 Å². The van der Waals surface area contributed by atoms with Gasteiger partial charge in [-0.25, -0.2) is 4.68 Å². The van der Waals surface area contributed by atoms with Gasteiger partial charge in [0.25, 0.3) is 0 Å². The number of likely N-dealkylation sites (tertiary alicyclic amines) is 1. The molecule has 1 fully saturated rings. The first-order chi connectivity index (χ1) is 9.83. The first-order valence-electron chi connectivity index (χ1n) is 7.27. The van der Waals surface area contributed by atoms with Crippen LogP contribution in [-0.4, -0.2) is 39.5 Å². The fourth-order valence-electron chi connectivity index (χ4n) is 2.88. The first kappa shape index (κ1) is 13.1. The fourth-order valence-corrected chi connectivity index (χ4v) is 2.88. The van der Waals surface area contributed by atoms with Crippen LogP contribution >= 0.6 is 0 Å². The van der Waals surface area contributed by atoms with Crippen LogP contribution in [-0.2, 0) is 0 Å². The Kier molecular flexibility index (Phi) is 3.97. The second kappa shape index (κ2) is 6.05. The molecule has 1 aromatic heterocycles. The summed E-state index contributed by atoms with van der Waals surface area (Å²) < 4.78 is 1.89. The molecule has 1 atom stereocenters. The van der Waals surface area contributed by atoms with Crippen LogP contribution in [0.2, 0.25) is 0 Å². The van der Waals surface area contributed by atoms with Crippen molar-refractivity contribution in [3.8, 4) is 0 Å². The highest BCUT2D eigenvalue weighted by molar-refractivity contribution is 5.24. The van der Waals surface area contributed by atoms with Crippen LogP contribution in [0.3, 0.4) is 0 Å². The zero-order chi connectivity index (χ0) is 13.8. The van der Waals surface area contributed by atoms with Crippen molar-refractivity contribution in [2.24, 2.45) is 0 Å². The van der Waals surface area contributed by atoms with Gasteiger partial charge in [-0.15, -0.1) is 5.10 Å². The van der Waals surface area contributed by atoms with Crippen LogP contribution in [0.4, 0.5) is 5.82 Å². The van der Waals surface area contributed by atoms with Crippen molar-refractivity contribution in [3.05, 3.63) is 42.1 Å². The molecular formula is C15H21N5. The Morgan fingerprint density at radius 3 is 2.55 bits per heavy atom. The molecule has 1 aliphatic heterocycles. The Bertz CT molecular complexity index is 530. The monoisotopic (exact) mass is 271 g/mol. The maximum atomic E-state index is 5.71. The standard InChI is InChI=1S/C15H21N5/c16-15-12-20(18-17-15)14(13-6-2-1-3-7-13)8-11-19-9-4-5-10-19/h1-3,6-7,12,14H,4-5,8-11,16H2. The van der Waals surface area contributed by atoms with E-state index in [1.807, 2.05) is 16.9 Å². The minimum Gasteiger partial charge on any atom is -0.381 e. The molecule has 0 bridgehead atoms. The van der Waals surface area contributed by atoms with Gasteiger partial charge in [-0.3, -0.25) is 0 Å². The first-order valence-corrected chi connectivity index (χ1v) is 7.27. The largest absolute Gasteiger partial charge is 0.381 e. The van der Waals surface area contributed by atoms with E-state index in [4.69, 9.17) is 5.73 Å². The second-order valence-corrected chi connectivity index (χ2v) is 5.39. The maximum Gasteiger partial charge on any atom is 0.165 e. The fraction of sp³-hybridized carbons (Fsp3) is 0.467. The molecule has 106 valence electrons.